The van der Waals surface area contributed by atoms with Crippen molar-refractivity contribution >= 4 is 0 Å². The van der Waals surface area contributed by atoms with E-state index >= 15 is 0 Å². The van der Waals surface area contributed by atoms with Crippen LogP contribution in [0.4, 0.5) is 4.39 Å². The Bertz CT molecular complexity index is 325. The fourth-order valence-corrected chi connectivity index (χ4v) is 2.52. The molecule has 2 atom stereocenters. The number of hydrogen-bond donors (Lipinski definition) is 1. The second-order valence-electron chi connectivity index (χ2n) is 5.15. The van der Waals surface area contributed by atoms with Crippen molar-refractivity contribution in [1.29, 1.82) is 0 Å². The van der Waals surface area contributed by atoms with Crippen molar-refractivity contribution in [2.24, 2.45) is 5.92 Å². The zero-order valence-electron chi connectivity index (χ0n) is 10.6. The molecule has 1 fully saturated rings. The number of hydrogen-bond acceptors (Lipinski definition) is 1. The highest BCUT2D eigenvalue weighted by molar-refractivity contribution is 5.21. The lowest BCUT2D eigenvalue weighted by atomic mass is 9.91. The molecule has 2 heteroatoms. The summed E-state index contributed by atoms with van der Waals surface area (Å²) in [5.41, 5.74) is 2.36. The maximum Gasteiger partial charge on any atom is 0.107 e. The molecule has 0 spiro atoms. The number of nitrogens with one attached hydrogen (secondary N) is 1. The third-order valence-electron chi connectivity index (χ3n) is 3.68. The van der Waals surface area contributed by atoms with Gasteiger partial charge in [-0.3, -0.25) is 0 Å². The predicted molar refractivity (Wildman–Crippen MR) is 70.0 cm³/mol. The Labute approximate surface area is 103 Å². The topological polar surface area (TPSA) is 12.0 Å². The predicted octanol–water partition coefficient (Wildman–Crippen LogP) is 3.27. The highest BCUT2D eigenvalue weighted by Crippen LogP contribution is 2.23. The van der Waals surface area contributed by atoms with Crippen molar-refractivity contribution in [3.05, 3.63) is 35.4 Å². The maximum absolute atomic E-state index is 14.2. The first-order valence-electron chi connectivity index (χ1n) is 6.66. The first-order chi connectivity index (χ1) is 8.25. The van der Waals surface area contributed by atoms with Crippen LogP contribution in [0.5, 0.6) is 0 Å². The average molecular weight is 235 g/mol. The zero-order chi connectivity index (χ0) is 12.1. The van der Waals surface area contributed by atoms with Gasteiger partial charge in [-0.05, 0) is 50.8 Å². The molecular weight excluding hydrogens is 213 g/mol. The minimum Gasteiger partial charge on any atom is -0.317 e. The first-order valence-corrected chi connectivity index (χ1v) is 6.66. The van der Waals surface area contributed by atoms with Crippen LogP contribution in [0, 0.1) is 12.8 Å². The highest BCUT2D eigenvalue weighted by Gasteiger charge is 2.22. The molecule has 1 aromatic rings. The van der Waals surface area contributed by atoms with E-state index in [1.54, 1.807) is 0 Å². The second kappa shape index (κ2) is 6.15. The molecule has 1 aliphatic rings. The Morgan fingerprint density at radius 3 is 2.76 bits per heavy atom. The lowest BCUT2D eigenvalue weighted by Crippen LogP contribution is -2.20. The Balaban J connectivity index is 1.90. The monoisotopic (exact) mass is 235 g/mol. The van der Waals surface area contributed by atoms with Gasteiger partial charge in [0.2, 0.25) is 0 Å². The molecule has 1 heterocycles. The van der Waals surface area contributed by atoms with Crippen LogP contribution >= 0.6 is 0 Å². The molecule has 0 bridgehead atoms. The summed E-state index contributed by atoms with van der Waals surface area (Å²) in [6, 6.07) is 8.24. The minimum atomic E-state index is -0.683. The van der Waals surface area contributed by atoms with Gasteiger partial charge in [0.05, 0.1) is 0 Å². The summed E-state index contributed by atoms with van der Waals surface area (Å²) in [6.07, 6.45) is 3.01. The van der Waals surface area contributed by atoms with Crippen molar-refractivity contribution in [1.82, 2.24) is 5.32 Å². The van der Waals surface area contributed by atoms with Crippen LogP contribution in [0.25, 0.3) is 0 Å². The smallest absolute Gasteiger partial charge is 0.107 e. The van der Waals surface area contributed by atoms with Crippen molar-refractivity contribution in [2.45, 2.75) is 38.8 Å². The third-order valence-corrected chi connectivity index (χ3v) is 3.68. The van der Waals surface area contributed by atoms with E-state index in [0.717, 1.165) is 37.9 Å². The Hall–Kier alpha value is -0.890. The summed E-state index contributed by atoms with van der Waals surface area (Å²) < 4.78 is 14.2. The summed E-state index contributed by atoms with van der Waals surface area (Å²) in [5, 5.41) is 3.34. The summed E-state index contributed by atoms with van der Waals surface area (Å²) >= 11 is 0. The minimum absolute atomic E-state index is 0.242. The molecule has 1 nitrogen and oxygen atoms in total. The molecule has 1 aliphatic heterocycles. The summed E-state index contributed by atoms with van der Waals surface area (Å²) in [6.45, 7) is 4.08. The van der Waals surface area contributed by atoms with Gasteiger partial charge in [0.1, 0.15) is 6.17 Å². The van der Waals surface area contributed by atoms with Crippen molar-refractivity contribution in [3.63, 3.8) is 0 Å². The normalized spacial score (nSPS) is 23.1. The van der Waals surface area contributed by atoms with E-state index in [9.17, 15) is 4.39 Å². The molecule has 2 unspecified atom stereocenters. The third kappa shape index (κ3) is 3.81. The molecule has 0 aliphatic carbocycles. The molecule has 1 saturated heterocycles. The van der Waals surface area contributed by atoms with Crippen LogP contribution < -0.4 is 5.32 Å². The van der Waals surface area contributed by atoms with Gasteiger partial charge in [-0.2, -0.15) is 0 Å². The lowest BCUT2D eigenvalue weighted by molar-refractivity contribution is 0.210. The van der Waals surface area contributed by atoms with Gasteiger partial charge < -0.3 is 5.32 Å². The van der Waals surface area contributed by atoms with Crippen LogP contribution in [-0.4, -0.2) is 19.3 Å². The van der Waals surface area contributed by atoms with Crippen LogP contribution in [-0.2, 0) is 6.42 Å². The van der Waals surface area contributed by atoms with Gasteiger partial charge >= 0.3 is 0 Å². The average Bonchev–Trinajstić information content (AvgIpc) is 2.61. The summed E-state index contributed by atoms with van der Waals surface area (Å²) in [4.78, 5) is 0. The van der Waals surface area contributed by atoms with E-state index in [1.807, 2.05) is 0 Å². The quantitative estimate of drug-likeness (QED) is 0.848. The zero-order valence-corrected chi connectivity index (χ0v) is 10.6. The molecule has 94 valence electrons. The van der Waals surface area contributed by atoms with Crippen molar-refractivity contribution in [3.8, 4) is 0 Å². The molecule has 17 heavy (non-hydrogen) atoms. The SMILES string of the molecule is Cc1ccc(CC(F)C2CCCNCC2)cc1. The van der Waals surface area contributed by atoms with Crippen molar-refractivity contribution < 1.29 is 4.39 Å². The second-order valence-corrected chi connectivity index (χ2v) is 5.15. The molecule has 0 saturated carbocycles. The Morgan fingerprint density at radius 1 is 1.24 bits per heavy atom. The number of alkyl halides is 1. The van der Waals surface area contributed by atoms with Gasteiger partial charge in [0, 0.05) is 6.42 Å². The maximum atomic E-state index is 14.2. The van der Waals surface area contributed by atoms with Crippen LogP contribution in [0.15, 0.2) is 24.3 Å². The number of aryl methyl sites for hydroxylation is 1. The van der Waals surface area contributed by atoms with E-state index < -0.39 is 6.17 Å². The fraction of sp³-hybridized carbons (Fsp3) is 0.600. The Kier molecular flexibility index (Phi) is 4.55. The largest absolute Gasteiger partial charge is 0.317 e. The number of rotatable bonds is 3. The van der Waals surface area contributed by atoms with E-state index in [0.29, 0.717) is 6.42 Å². The molecule has 0 aromatic heterocycles. The first kappa shape index (κ1) is 12.6. The van der Waals surface area contributed by atoms with Gasteiger partial charge in [0.15, 0.2) is 0 Å². The standard InChI is InChI=1S/C15H22FN/c1-12-4-6-13(7-5-12)11-15(16)14-3-2-9-17-10-8-14/h4-7,14-15,17H,2-3,8-11H2,1H3. The van der Waals surface area contributed by atoms with Gasteiger partial charge in [0.25, 0.3) is 0 Å². The van der Waals surface area contributed by atoms with E-state index in [1.165, 1.54) is 5.56 Å². The highest BCUT2D eigenvalue weighted by atomic mass is 19.1. The van der Waals surface area contributed by atoms with Crippen LogP contribution in [0.1, 0.15) is 30.4 Å². The Morgan fingerprint density at radius 2 is 2.00 bits per heavy atom. The fourth-order valence-electron chi connectivity index (χ4n) is 2.52. The van der Waals surface area contributed by atoms with E-state index in [-0.39, 0.29) is 5.92 Å². The van der Waals surface area contributed by atoms with Crippen molar-refractivity contribution in [2.75, 3.05) is 13.1 Å². The van der Waals surface area contributed by atoms with Gasteiger partial charge in [-0.1, -0.05) is 29.8 Å². The molecule has 1 N–H and O–H groups in total. The molecule has 2 rings (SSSR count). The molecule has 0 amide bonds. The number of halogens is 1. The molecular formula is C15H22FN. The van der Waals surface area contributed by atoms with Gasteiger partial charge in [-0.25, -0.2) is 4.39 Å². The van der Waals surface area contributed by atoms with Crippen LogP contribution in [0.3, 0.4) is 0 Å². The molecule has 0 radical (unpaired) electrons. The lowest BCUT2D eigenvalue weighted by Gasteiger charge is -2.18. The van der Waals surface area contributed by atoms with E-state index in [2.05, 4.69) is 36.5 Å². The van der Waals surface area contributed by atoms with E-state index in [4.69, 9.17) is 0 Å². The molecule has 1 aromatic carbocycles. The van der Waals surface area contributed by atoms with Gasteiger partial charge in [-0.15, -0.1) is 0 Å². The summed E-state index contributed by atoms with van der Waals surface area (Å²) in [7, 11) is 0. The number of benzene rings is 1. The van der Waals surface area contributed by atoms with Crippen LogP contribution in [0.2, 0.25) is 0 Å². The summed E-state index contributed by atoms with van der Waals surface area (Å²) in [5.74, 6) is 0.242.